The molecule has 1 saturated carbocycles. The summed E-state index contributed by atoms with van der Waals surface area (Å²) in [5, 5.41) is 0. The van der Waals surface area contributed by atoms with Gasteiger partial charge in [0.05, 0.1) is 14.2 Å². The number of hydrogen-bond donors (Lipinski definition) is 0. The van der Waals surface area contributed by atoms with Crippen LogP contribution in [0.15, 0.2) is 12.1 Å². The van der Waals surface area contributed by atoms with E-state index in [0.29, 0.717) is 22.6 Å². The normalized spacial score (nSPS) is 20.3. The zero-order valence-corrected chi connectivity index (χ0v) is 11.5. The first-order valence-corrected chi connectivity index (χ1v) is 6.64. The van der Waals surface area contributed by atoms with Crippen LogP contribution in [0, 0.1) is 5.92 Å². The number of carbonyl (C=O) groups excluding carboxylic acids is 2. The van der Waals surface area contributed by atoms with Crippen LogP contribution in [0.4, 0.5) is 0 Å². The maximum atomic E-state index is 12.0. The van der Waals surface area contributed by atoms with E-state index in [9.17, 15) is 9.59 Å². The molecule has 0 radical (unpaired) electrons. The molecule has 1 aliphatic heterocycles. The molecular weight excluding hydrogens is 260 g/mol. The van der Waals surface area contributed by atoms with Gasteiger partial charge in [0.25, 0.3) is 0 Å². The number of methoxy groups -OCH3 is 2. The van der Waals surface area contributed by atoms with Crippen LogP contribution >= 0.6 is 0 Å². The number of rotatable bonds is 5. The molecule has 0 amide bonds. The molecule has 1 aromatic rings. The predicted molar refractivity (Wildman–Crippen MR) is 70.1 cm³/mol. The van der Waals surface area contributed by atoms with Gasteiger partial charge in [-0.2, -0.15) is 0 Å². The Bertz CT molecular complexity index is 574. The molecular formula is C15H16O5. The van der Waals surface area contributed by atoms with E-state index >= 15 is 0 Å². The lowest BCUT2D eigenvalue weighted by Crippen LogP contribution is -2.08. The highest BCUT2D eigenvalue weighted by atomic mass is 16.6. The first-order chi connectivity index (χ1) is 9.65. The monoisotopic (exact) mass is 276 g/mol. The van der Waals surface area contributed by atoms with E-state index in [1.165, 1.54) is 14.2 Å². The van der Waals surface area contributed by atoms with Crippen molar-refractivity contribution in [2.45, 2.75) is 25.4 Å². The molecule has 0 N–H and O–H groups in total. The molecule has 0 aromatic heterocycles. The Kier molecular flexibility index (Phi) is 3.12. The number of esters is 1. The standard InChI is InChI=1S/C15H16O5/c1-18-11-6-5-9-12(7-10(16)8-3-4-8)20-15(17)13(9)14(11)19-2/h5-6,8,12H,3-4,7H2,1-2H3/t12-/m1/s1. The van der Waals surface area contributed by atoms with Gasteiger partial charge in [-0.1, -0.05) is 6.07 Å². The van der Waals surface area contributed by atoms with Crippen LogP contribution in [-0.4, -0.2) is 26.0 Å². The zero-order chi connectivity index (χ0) is 14.3. The van der Waals surface area contributed by atoms with Crippen molar-refractivity contribution in [3.8, 4) is 11.5 Å². The van der Waals surface area contributed by atoms with Gasteiger partial charge in [0, 0.05) is 17.9 Å². The lowest BCUT2D eigenvalue weighted by molar-refractivity contribution is -0.122. The van der Waals surface area contributed by atoms with E-state index in [1.807, 2.05) is 0 Å². The van der Waals surface area contributed by atoms with Crippen LogP contribution in [0.2, 0.25) is 0 Å². The summed E-state index contributed by atoms with van der Waals surface area (Å²) in [5.74, 6) is 0.737. The van der Waals surface area contributed by atoms with E-state index in [-0.39, 0.29) is 18.1 Å². The predicted octanol–water partition coefficient (Wildman–Crippen LogP) is 2.28. The average Bonchev–Trinajstić information content (AvgIpc) is 3.25. The van der Waals surface area contributed by atoms with Crippen LogP contribution < -0.4 is 9.47 Å². The largest absolute Gasteiger partial charge is 0.493 e. The third-order valence-corrected chi connectivity index (χ3v) is 3.80. The second-order valence-electron chi connectivity index (χ2n) is 5.10. The molecule has 0 unspecified atom stereocenters. The van der Waals surface area contributed by atoms with Crippen molar-refractivity contribution in [2.75, 3.05) is 14.2 Å². The van der Waals surface area contributed by atoms with Gasteiger partial charge in [-0.3, -0.25) is 4.79 Å². The van der Waals surface area contributed by atoms with E-state index < -0.39 is 12.1 Å². The lowest BCUT2D eigenvalue weighted by Gasteiger charge is -2.11. The number of fused-ring (bicyclic) bond motifs is 1. The molecule has 3 rings (SSSR count). The maximum Gasteiger partial charge on any atom is 0.343 e. The third kappa shape index (κ3) is 2.03. The highest BCUT2D eigenvalue weighted by molar-refractivity contribution is 5.98. The summed E-state index contributed by atoms with van der Waals surface area (Å²) in [7, 11) is 2.99. The Balaban J connectivity index is 1.94. The summed E-state index contributed by atoms with van der Waals surface area (Å²) in [6.07, 6.45) is 1.67. The van der Waals surface area contributed by atoms with Crippen LogP contribution in [0.1, 0.15) is 41.3 Å². The van der Waals surface area contributed by atoms with Crippen molar-refractivity contribution in [3.63, 3.8) is 0 Å². The van der Waals surface area contributed by atoms with Gasteiger partial charge >= 0.3 is 5.97 Å². The fourth-order valence-electron chi connectivity index (χ4n) is 2.58. The highest BCUT2D eigenvalue weighted by Gasteiger charge is 2.39. The quantitative estimate of drug-likeness (QED) is 0.772. The Labute approximate surface area is 116 Å². The molecule has 0 spiro atoms. The minimum atomic E-state index is -0.495. The summed E-state index contributed by atoms with van der Waals surface area (Å²) in [5.41, 5.74) is 1.09. The van der Waals surface area contributed by atoms with Crippen LogP contribution in [0.3, 0.4) is 0 Å². The zero-order valence-electron chi connectivity index (χ0n) is 11.5. The smallest absolute Gasteiger partial charge is 0.343 e. The molecule has 106 valence electrons. The number of Topliss-reactive ketones (excluding diaryl/α,β-unsaturated/α-hetero) is 1. The van der Waals surface area contributed by atoms with E-state index in [1.54, 1.807) is 12.1 Å². The molecule has 1 aromatic carbocycles. The van der Waals surface area contributed by atoms with Gasteiger partial charge < -0.3 is 14.2 Å². The topological polar surface area (TPSA) is 61.8 Å². The Morgan fingerprint density at radius 3 is 2.65 bits per heavy atom. The van der Waals surface area contributed by atoms with Gasteiger partial charge in [0.2, 0.25) is 0 Å². The van der Waals surface area contributed by atoms with Gasteiger partial charge in [-0.05, 0) is 18.9 Å². The molecule has 5 nitrogen and oxygen atoms in total. The Morgan fingerprint density at radius 1 is 1.30 bits per heavy atom. The number of hydrogen-bond acceptors (Lipinski definition) is 5. The van der Waals surface area contributed by atoms with Crippen molar-refractivity contribution in [2.24, 2.45) is 5.92 Å². The fraction of sp³-hybridized carbons (Fsp3) is 0.467. The molecule has 1 heterocycles. The second-order valence-corrected chi connectivity index (χ2v) is 5.10. The summed E-state index contributed by atoms with van der Waals surface area (Å²) in [6, 6.07) is 3.50. The summed E-state index contributed by atoms with van der Waals surface area (Å²) in [4.78, 5) is 23.9. The number of ketones is 1. The van der Waals surface area contributed by atoms with Gasteiger partial charge in [-0.25, -0.2) is 4.79 Å². The SMILES string of the molecule is COc1ccc2c(c1OC)C(=O)O[C@@H]2CC(=O)C1CC1. The first-order valence-electron chi connectivity index (χ1n) is 6.64. The van der Waals surface area contributed by atoms with Gasteiger partial charge in [0.1, 0.15) is 17.5 Å². The molecule has 1 aliphatic carbocycles. The second kappa shape index (κ2) is 4.81. The Hall–Kier alpha value is -2.04. The van der Waals surface area contributed by atoms with Gasteiger partial charge in [0.15, 0.2) is 11.5 Å². The van der Waals surface area contributed by atoms with Crippen LogP contribution in [0.5, 0.6) is 11.5 Å². The van der Waals surface area contributed by atoms with Crippen molar-refractivity contribution >= 4 is 11.8 Å². The maximum absolute atomic E-state index is 12.0. The minimum absolute atomic E-state index is 0.165. The summed E-state index contributed by atoms with van der Waals surface area (Å²) < 4.78 is 15.8. The van der Waals surface area contributed by atoms with Crippen molar-refractivity contribution in [1.82, 2.24) is 0 Å². The number of carbonyl (C=O) groups is 2. The first kappa shape index (κ1) is 13.0. The van der Waals surface area contributed by atoms with Crippen molar-refractivity contribution in [1.29, 1.82) is 0 Å². The highest BCUT2D eigenvalue weighted by Crippen LogP contribution is 2.44. The summed E-state index contributed by atoms with van der Waals surface area (Å²) in [6.45, 7) is 0. The van der Waals surface area contributed by atoms with E-state index in [0.717, 1.165) is 12.8 Å². The Morgan fingerprint density at radius 2 is 2.05 bits per heavy atom. The molecule has 5 heteroatoms. The van der Waals surface area contributed by atoms with Crippen molar-refractivity contribution in [3.05, 3.63) is 23.3 Å². The number of benzene rings is 1. The van der Waals surface area contributed by atoms with Gasteiger partial charge in [-0.15, -0.1) is 0 Å². The average molecular weight is 276 g/mol. The molecule has 20 heavy (non-hydrogen) atoms. The van der Waals surface area contributed by atoms with Crippen molar-refractivity contribution < 1.29 is 23.8 Å². The number of ether oxygens (including phenoxy) is 3. The molecule has 1 fully saturated rings. The van der Waals surface area contributed by atoms with E-state index in [4.69, 9.17) is 14.2 Å². The van der Waals surface area contributed by atoms with Crippen LogP contribution in [-0.2, 0) is 9.53 Å². The molecule has 1 atom stereocenters. The third-order valence-electron chi connectivity index (χ3n) is 3.80. The van der Waals surface area contributed by atoms with E-state index in [2.05, 4.69) is 0 Å². The fourth-order valence-corrected chi connectivity index (χ4v) is 2.58. The molecule has 2 aliphatic rings. The number of cyclic esters (lactones) is 1. The lowest BCUT2D eigenvalue weighted by atomic mass is 9.99. The van der Waals surface area contributed by atoms with Crippen LogP contribution in [0.25, 0.3) is 0 Å². The minimum Gasteiger partial charge on any atom is -0.493 e. The molecule has 0 bridgehead atoms. The molecule has 0 saturated heterocycles. The summed E-state index contributed by atoms with van der Waals surface area (Å²) >= 11 is 0.